The Morgan fingerprint density at radius 2 is 1.96 bits per heavy atom. The first-order chi connectivity index (χ1) is 11.7. The lowest BCUT2D eigenvalue weighted by Gasteiger charge is -2.14. The maximum absolute atomic E-state index is 12.9. The van der Waals surface area contributed by atoms with Gasteiger partial charge in [-0.05, 0) is 18.2 Å². The maximum atomic E-state index is 12.9. The van der Waals surface area contributed by atoms with Crippen LogP contribution in [0, 0.1) is 0 Å². The van der Waals surface area contributed by atoms with E-state index in [1.54, 1.807) is 6.08 Å². The van der Waals surface area contributed by atoms with Crippen molar-refractivity contribution in [3.05, 3.63) is 63.5 Å². The molecule has 0 unspecified atom stereocenters. The number of nitrogens with zero attached hydrogens (tertiary/aromatic N) is 5. The molecular formula is C15H12F3N5O2. The molecule has 0 N–H and O–H groups in total. The van der Waals surface area contributed by atoms with Gasteiger partial charge < -0.3 is 0 Å². The van der Waals surface area contributed by atoms with Crippen molar-refractivity contribution in [2.75, 3.05) is 0 Å². The van der Waals surface area contributed by atoms with E-state index in [1.807, 2.05) is 0 Å². The van der Waals surface area contributed by atoms with Crippen LogP contribution in [0.15, 0.2) is 46.5 Å². The number of hydrogen-bond donors (Lipinski definition) is 0. The average Bonchev–Trinajstić information content (AvgIpc) is 2.93. The quantitative estimate of drug-likeness (QED) is 0.670. The van der Waals surface area contributed by atoms with Gasteiger partial charge in [0.1, 0.15) is 11.2 Å². The molecule has 0 saturated heterocycles. The van der Waals surface area contributed by atoms with Gasteiger partial charge in [0.2, 0.25) is 0 Å². The van der Waals surface area contributed by atoms with E-state index in [0.717, 1.165) is 7.05 Å². The second kappa shape index (κ2) is 5.72. The zero-order valence-electron chi connectivity index (χ0n) is 13.0. The molecule has 0 saturated carbocycles. The molecule has 0 atom stereocenters. The molecule has 2 aromatic heterocycles. The lowest BCUT2D eigenvalue weighted by Crippen LogP contribution is -2.40. The highest BCUT2D eigenvalue weighted by atomic mass is 19.4. The fraction of sp³-hybridized carbons (Fsp3) is 0.200. The first-order valence-corrected chi connectivity index (χ1v) is 7.09. The predicted molar refractivity (Wildman–Crippen MR) is 83.6 cm³/mol. The van der Waals surface area contributed by atoms with E-state index in [9.17, 15) is 22.8 Å². The predicted octanol–water partition coefficient (Wildman–Crippen LogP) is 1.49. The van der Waals surface area contributed by atoms with Gasteiger partial charge >= 0.3 is 11.9 Å². The normalized spacial score (nSPS) is 11.8. The van der Waals surface area contributed by atoms with Crippen molar-refractivity contribution in [3.63, 3.8) is 0 Å². The zero-order chi connectivity index (χ0) is 18.4. The van der Waals surface area contributed by atoms with E-state index in [2.05, 4.69) is 16.9 Å². The summed E-state index contributed by atoms with van der Waals surface area (Å²) in [5.74, 6) is 0. The first-order valence-electron chi connectivity index (χ1n) is 7.09. The van der Waals surface area contributed by atoms with Crippen molar-refractivity contribution in [2.45, 2.75) is 12.7 Å². The second-order valence-corrected chi connectivity index (χ2v) is 5.28. The summed E-state index contributed by atoms with van der Waals surface area (Å²) >= 11 is 0. The minimum Gasteiger partial charge on any atom is -0.292 e. The zero-order valence-corrected chi connectivity index (χ0v) is 13.0. The summed E-state index contributed by atoms with van der Waals surface area (Å²) in [6.07, 6.45) is -3.22. The van der Waals surface area contributed by atoms with Crippen LogP contribution >= 0.6 is 0 Å². The molecule has 3 aromatic rings. The summed E-state index contributed by atoms with van der Waals surface area (Å²) in [5, 5.41) is 7.83. The maximum Gasteiger partial charge on any atom is 0.431 e. The Hall–Kier alpha value is -3.17. The minimum atomic E-state index is -4.80. The summed E-state index contributed by atoms with van der Waals surface area (Å²) in [5.41, 5.74) is -2.31. The van der Waals surface area contributed by atoms with Crippen molar-refractivity contribution in [1.82, 2.24) is 24.1 Å². The summed E-state index contributed by atoms with van der Waals surface area (Å²) in [7, 11) is 0.961. The molecule has 0 amide bonds. The van der Waals surface area contributed by atoms with Gasteiger partial charge in [-0.3, -0.25) is 9.36 Å². The number of aromatic nitrogens is 5. The standard InChI is InChI=1S/C15H12F3N5O2/c1-3-6-22-11-7-9(4-5-10(11)19-20-22)23-13(24)8-12(15(16,17)18)21(2)14(23)25/h3-5,7-8H,1,6H2,2H3. The first kappa shape index (κ1) is 16.7. The molecule has 25 heavy (non-hydrogen) atoms. The Morgan fingerprint density at radius 3 is 2.60 bits per heavy atom. The lowest BCUT2D eigenvalue weighted by atomic mass is 10.2. The minimum absolute atomic E-state index is 0.124. The smallest absolute Gasteiger partial charge is 0.292 e. The highest BCUT2D eigenvalue weighted by Gasteiger charge is 2.35. The van der Waals surface area contributed by atoms with Crippen LogP contribution in [0.1, 0.15) is 5.69 Å². The van der Waals surface area contributed by atoms with Gasteiger partial charge in [-0.25, -0.2) is 14.0 Å². The summed E-state index contributed by atoms with van der Waals surface area (Å²) in [6.45, 7) is 3.94. The van der Waals surface area contributed by atoms with Gasteiger partial charge in [0.05, 0.1) is 17.7 Å². The monoisotopic (exact) mass is 351 g/mol. The molecule has 0 bridgehead atoms. The van der Waals surface area contributed by atoms with Crippen molar-refractivity contribution in [2.24, 2.45) is 7.05 Å². The number of halogens is 3. The van der Waals surface area contributed by atoms with Gasteiger partial charge in [-0.1, -0.05) is 11.3 Å². The number of allylic oxidation sites excluding steroid dienone is 1. The summed E-state index contributed by atoms with van der Waals surface area (Å²) in [6, 6.07) is 4.81. The Bertz CT molecular complexity index is 1090. The Balaban J connectivity index is 2.27. The van der Waals surface area contributed by atoms with E-state index in [0.29, 0.717) is 32.8 Å². The topological polar surface area (TPSA) is 74.7 Å². The highest BCUT2D eigenvalue weighted by Crippen LogP contribution is 2.27. The van der Waals surface area contributed by atoms with Crippen molar-refractivity contribution >= 4 is 11.0 Å². The Kier molecular flexibility index (Phi) is 3.82. The van der Waals surface area contributed by atoms with Crippen LogP contribution in [0.5, 0.6) is 0 Å². The van der Waals surface area contributed by atoms with Gasteiger partial charge in [0, 0.05) is 13.1 Å². The molecule has 0 radical (unpaired) electrons. The Labute approximate surface area is 138 Å². The van der Waals surface area contributed by atoms with Gasteiger partial charge in [0.25, 0.3) is 5.56 Å². The third-order valence-electron chi connectivity index (χ3n) is 3.67. The summed E-state index contributed by atoms with van der Waals surface area (Å²) in [4.78, 5) is 24.5. The molecule has 2 heterocycles. The van der Waals surface area contributed by atoms with Crippen LogP contribution in [0.2, 0.25) is 0 Å². The van der Waals surface area contributed by atoms with Crippen LogP contribution in [0.4, 0.5) is 13.2 Å². The van der Waals surface area contributed by atoms with Crippen LogP contribution in [-0.4, -0.2) is 24.1 Å². The van der Waals surface area contributed by atoms with Crippen molar-refractivity contribution in [3.8, 4) is 5.69 Å². The van der Waals surface area contributed by atoms with Crippen molar-refractivity contribution in [1.29, 1.82) is 0 Å². The number of hydrogen-bond acceptors (Lipinski definition) is 4. The molecule has 10 heteroatoms. The van der Waals surface area contributed by atoms with Gasteiger partial charge in [-0.15, -0.1) is 11.7 Å². The van der Waals surface area contributed by atoms with E-state index < -0.39 is 23.1 Å². The molecule has 7 nitrogen and oxygen atoms in total. The van der Waals surface area contributed by atoms with Crippen LogP contribution in [0.3, 0.4) is 0 Å². The molecule has 0 aliphatic carbocycles. The molecule has 1 aromatic carbocycles. The number of fused-ring (bicyclic) bond motifs is 1. The third kappa shape index (κ3) is 2.75. The van der Waals surface area contributed by atoms with E-state index >= 15 is 0 Å². The molecule has 0 aliphatic heterocycles. The van der Waals surface area contributed by atoms with E-state index in [4.69, 9.17) is 0 Å². The van der Waals surface area contributed by atoms with Gasteiger partial charge in [-0.2, -0.15) is 13.2 Å². The SMILES string of the molecule is C=CCn1nnc2ccc(-n3c(=O)cc(C(F)(F)F)n(C)c3=O)cc21. The largest absolute Gasteiger partial charge is 0.431 e. The van der Waals surface area contributed by atoms with Crippen molar-refractivity contribution < 1.29 is 13.2 Å². The number of alkyl halides is 3. The van der Waals surface area contributed by atoms with Crippen LogP contribution in [0.25, 0.3) is 16.7 Å². The van der Waals surface area contributed by atoms with Gasteiger partial charge in [0.15, 0.2) is 0 Å². The number of benzene rings is 1. The van der Waals surface area contributed by atoms with Crippen LogP contribution in [-0.2, 0) is 19.8 Å². The lowest BCUT2D eigenvalue weighted by molar-refractivity contribution is -0.144. The average molecular weight is 351 g/mol. The number of rotatable bonds is 3. The molecule has 0 fully saturated rings. The molecule has 0 spiro atoms. The Morgan fingerprint density at radius 1 is 1.24 bits per heavy atom. The fourth-order valence-electron chi connectivity index (χ4n) is 2.49. The third-order valence-corrected chi connectivity index (χ3v) is 3.67. The van der Waals surface area contributed by atoms with E-state index in [-0.39, 0.29) is 5.69 Å². The summed E-state index contributed by atoms with van der Waals surface area (Å²) < 4.78 is 41.3. The molecular weight excluding hydrogens is 339 g/mol. The van der Waals surface area contributed by atoms with Crippen LogP contribution < -0.4 is 11.2 Å². The molecule has 0 aliphatic rings. The molecule has 130 valence electrons. The van der Waals surface area contributed by atoms with E-state index in [1.165, 1.54) is 22.9 Å². The highest BCUT2D eigenvalue weighted by molar-refractivity contribution is 5.76. The second-order valence-electron chi connectivity index (χ2n) is 5.28. The fourth-order valence-corrected chi connectivity index (χ4v) is 2.49. The molecule has 3 rings (SSSR count).